The minimum atomic E-state index is -4.57. The normalized spacial score (nSPS) is 18.9. The van der Waals surface area contributed by atoms with Gasteiger partial charge >= 0.3 is 12.1 Å². The molecule has 0 aromatic carbocycles. The van der Waals surface area contributed by atoms with Crippen molar-refractivity contribution in [3.63, 3.8) is 0 Å². The van der Waals surface area contributed by atoms with Gasteiger partial charge in [-0.15, -0.1) is 10.2 Å². The lowest BCUT2D eigenvalue weighted by atomic mass is 9.97. The SMILES string of the molecule is COCCN1CCC(c2nnc(C(F)(F)F)o2)CC1. The predicted molar refractivity (Wildman–Crippen MR) is 59.6 cm³/mol. The van der Waals surface area contributed by atoms with Crippen LogP contribution in [0.15, 0.2) is 4.42 Å². The zero-order chi connectivity index (χ0) is 13.9. The predicted octanol–water partition coefficient (Wildman–Crippen LogP) is 1.91. The van der Waals surface area contributed by atoms with E-state index in [0.717, 1.165) is 32.5 Å². The van der Waals surface area contributed by atoms with Crippen LogP contribution in [-0.2, 0) is 10.9 Å². The molecule has 19 heavy (non-hydrogen) atoms. The minimum absolute atomic E-state index is 0.0811. The first kappa shape index (κ1) is 14.3. The van der Waals surface area contributed by atoms with Gasteiger partial charge in [0.1, 0.15) is 0 Å². The first-order valence-corrected chi connectivity index (χ1v) is 6.12. The second kappa shape index (κ2) is 5.87. The van der Waals surface area contributed by atoms with Gasteiger partial charge in [0, 0.05) is 19.6 Å². The number of aromatic nitrogens is 2. The molecule has 0 bridgehead atoms. The van der Waals surface area contributed by atoms with E-state index in [2.05, 4.69) is 15.1 Å². The smallest absolute Gasteiger partial charge is 0.417 e. The van der Waals surface area contributed by atoms with Crippen LogP contribution in [0.3, 0.4) is 0 Å². The van der Waals surface area contributed by atoms with Crippen LogP contribution in [0, 0.1) is 0 Å². The number of alkyl halides is 3. The Morgan fingerprint density at radius 2 is 2.00 bits per heavy atom. The molecule has 0 amide bonds. The highest BCUT2D eigenvalue weighted by Crippen LogP contribution is 2.32. The van der Waals surface area contributed by atoms with Crippen LogP contribution in [0.5, 0.6) is 0 Å². The van der Waals surface area contributed by atoms with Crippen LogP contribution in [0.1, 0.15) is 30.5 Å². The lowest BCUT2D eigenvalue weighted by Crippen LogP contribution is -2.35. The van der Waals surface area contributed by atoms with Gasteiger partial charge in [-0.1, -0.05) is 0 Å². The molecule has 0 radical (unpaired) electrons. The number of likely N-dealkylation sites (tertiary alicyclic amines) is 1. The molecule has 1 fully saturated rings. The van der Waals surface area contributed by atoms with Gasteiger partial charge < -0.3 is 14.1 Å². The largest absolute Gasteiger partial charge is 0.470 e. The highest BCUT2D eigenvalue weighted by Gasteiger charge is 2.39. The van der Waals surface area contributed by atoms with Crippen molar-refractivity contribution < 1.29 is 22.3 Å². The molecular formula is C11H16F3N3O2. The van der Waals surface area contributed by atoms with Gasteiger partial charge in [0.15, 0.2) is 0 Å². The number of ether oxygens (including phenoxy) is 1. The van der Waals surface area contributed by atoms with Crippen molar-refractivity contribution >= 4 is 0 Å². The Labute approximate surface area is 108 Å². The molecule has 1 aliphatic rings. The number of hydrogen-bond donors (Lipinski definition) is 0. The standard InChI is InChI=1S/C11H16F3N3O2/c1-18-7-6-17-4-2-8(3-5-17)9-15-16-10(19-9)11(12,13)14/h8H,2-7H2,1H3. The lowest BCUT2D eigenvalue weighted by molar-refractivity contribution is -0.157. The molecule has 1 saturated heterocycles. The molecule has 5 nitrogen and oxygen atoms in total. The maximum Gasteiger partial charge on any atom is 0.470 e. The fourth-order valence-corrected chi connectivity index (χ4v) is 2.14. The lowest BCUT2D eigenvalue weighted by Gasteiger charge is -2.29. The van der Waals surface area contributed by atoms with Crippen LogP contribution in [0.4, 0.5) is 13.2 Å². The fourth-order valence-electron chi connectivity index (χ4n) is 2.14. The summed E-state index contributed by atoms with van der Waals surface area (Å²) in [6.07, 6.45) is -3.11. The molecule has 0 atom stereocenters. The van der Waals surface area contributed by atoms with E-state index in [0.29, 0.717) is 6.61 Å². The van der Waals surface area contributed by atoms with Gasteiger partial charge in [0.05, 0.1) is 6.61 Å². The first-order chi connectivity index (χ1) is 9.00. The van der Waals surface area contributed by atoms with Gasteiger partial charge in [-0.25, -0.2) is 0 Å². The molecule has 8 heteroatoms. The summed E-state index contributed by atoms with van der Waals surface area (Å²) in [5.74, 6) is -1.24. The van der Waals surface area contributed by atoms with Crippen molar-refractivity contribution in [2.75, 3.05) is 33.4 Å². The number of hydrogen-bond acceptors (Lipinski definition) is 5. The molecule has 1 aliphatic heterocycles. The highest BCUT2D eigenvalue weighted by molar-refractivity contribution is 4.96. The van der Waals surface area contributed by atoms with Crippen molar-refractivity contribution in [1.82, 2.24) is 15.1 Å². The van der Waals surface area contributed by atoms with Gasteiger partial charge in [-0.2, -0.15) is 13.2 Å². The van der Waals surface area contributed by atoms with Gasteiger partial charge in [0.25, 0.3) is 0 Å². The van der Waals surface area contributed by atoms with E-state index in [1.165, 1.54) is 0 Å². The summed E-state index contributed by atoms with van der Waals surface area (Å²) in [5.41, 5.74) is 0. The number of rotatable bonds is 4. The monoisotopic (exact) mass is 279 g/mol. The van der Waals surface area contributed by atoms with Crippen molar-refractivity contribution in [3.8, 4) is 0 Å². The summed E-state index contributed by atoms with van der Waals surface area (Å²) in [6, 6.07) is 0. The maximum atomic E-state index is 12.4. The van der Waals surface area contributed by atoms with Crippen LogP contribution < -0.4 is 0 Å². The van der Waals surface area contributed by atoms with E-state index in [9.17, 15) is 13.2 Å². The van der Waals surface area contributed by atoms with E-state index in [1.807, 2.05) is 0 Å². The van der Waals surface area contributed by atoms with Crippen LogP contribution >= 0.6 is 0 Å². The third kappa shape index (κ3) is 3.66. The van der Waals surface area contributed by atoms with E-state index in [4.69, 9.17) is 9.15 Å². The molecule has 0 unspecified atom stereocenters. The number of piperidine rings is 1. The van der Waals surface area contributed by atoms with Gasteiger partial charge in [-0.3, -0.25) is 0 Å². The molecular weight excluding hydrogens is 263 g/mol. The molecule has 2 heterocycles. The van der Waals surface area contributed by atoms with E-state index in [1.54, 1.807) is 7.11 Å². The summed E-state index contributed by atoms with van der Waals surface area (Å²) in [5, 5.41) is 6.57. The molecule has 0 saturated carbocycles. The highest BCUT2D eigenvalue weighted by atomic mass is 19.4. The zero-order valence-corrected chi connectivity index (χ0v) is 10.6. The minimum Gasteiger partial charge on any atom is -0.417 e. The quantitative estimate of drug-likeness (QED) is 0.842. The van der Waals surface area contributed by atoms with Gasteiger partial charge in [0.2, 0.25) is 5.89 Å². The van der Waals surface area contributed by atoms with Crippen LogP contribution in [-0.4, -0.2) is 48.4 Å². The van der Waals surface area contributed by atoms with E-state index >= 15 is 0 Å². The average Bonchev–Trinajstić information content (AvgIpc) is 2.86. The topological polar surface area (TPSA) is 51.4 Å². The van der Waals surface area contributed by atoms with E-state index < -0.39 is 12.1 Å². The Balaban J connectivity index is 1.89. The van der Waals surface area contributed by atoms with Crippen LogP contribution in [0.25, 0.3) is 0 Å². The Morgan fingerprint density at radius 1 is 1.32 bits per heavy atom. The summed E-state index contributed by atoms with van der Waals surface area (Å²) < 4.78 is 46.8. The summed E-state index contributed by atoms with van der Waals surface area (Å²) in [6.45, 7) is 3.10. The molecule has 0 spiro atoms. The number of nitrogens with zero attached hydrogens (tertiary/aromatic N) is 3. The maximum absolute atomic E-state index is 12.4. The second-order valence-corrected chi connectivity index (χ2v) is 4.55. The first-order valence-electron chi connectivity index (χ1n) is 6.12. The molecule has 0 aliphatic carbocycles. The Kier molecular flexibility index (Phi) is 4.41. The Bertz CT molecular complexity index is 400. The molecule has 2 rings (SSSR count). The van der Waals surface area contributed by atoms with Crippen LogP contribution in [0.2, 0.25) is 0 Å². The summed E-state index contributed by atoms with van der Waals surface area (Å²) in [4.78, 5) is 2.21. The third-order valence-electron chi connectivity index (χ3n) is 3.23. The molecule has 1 aromatic heterocycles. The average molecular weight is 279 g/mol. The van der Waals surface area contributed by atoms with Crippen molar-refractivity contribution in [1.29, 1.82) is 0 Å². The molecule has 0 N–H and O–H groups in total. The summed E-state index contributed by atoms with van der Waals surface area (Å²) in [7, 11) is 1.64. The number of methoxy groups -OCH3 is 1. The third-order valence-corrected chi connectivity index (χ3v) is 3.23. The van der Waals surface area contributed by atoms with Crippen molar-refractivity contribution in [3.05, 3.63) is 11.8 Å². The Morgan fingerprint density at radius 3 is 2.53 bits per heavy atom. The van der Waals surface area contributed by atoms with E-state index in [-0.39, 0.29) is 11.8 Å². The van der Waals surface area contributed by atoms with Crippen molar-refractivity contribution in [2.45, 2.75) is 24.9 Å². The zero-order valence-electron chi connectivity index (χ0n) is 10.6. The molecule has 1 aromatic rings. The number of halogens is 3. The second-order valence-electron chi connectivity index (χ2n) is 4.55. The fraction of sp³-hybridized carbons (Fsp3) is 0.818. The Hall–Kier alpha value is -1.15. The summed E-state index contributed by atoms with van der Waals surface area (Å²) >= 11 is 0. The van der Waals surface area contributed by atoms with Crippen molar-refractivity contribution in [2.24, 2.45) is 0 Å². The molecule has 108 valence electrons. The van der Waals surface area contributed by atoms with Gasteiger partial charge in [-0.05, 0) is 25.9 Å².